The minimum absolute atomic E-state index is 1.01. The van der Waals surface area contributed by atoms with Gasteiger partial charge in [0.1, 0.15) is 0 Å². The van der Waals surface area contributed by atoms with Gasteiger partial charge in [0, 0.05) is 0 Å². The van der Waals surface area contributed by atoms with Crippen molar-refractivity contribution >= 4 is 0 Å². The average Bonchev–Trinajstić information content (AvgIpc) is 2.20. The van der Waals surface area contributed by atoms with Crippen LogP contribution >= 0.6 is 0 Å². The average molecular weight is 171 g/mol. The van der Waals surface area contributed by atoms with Gasteiger partial charge in [-0.3, -0.25) is 0 Å². The van der Waals surface area contributed by atoms with Crippen LogP contribution in [0.15, 0.2) is 23.9 Å². The molecule has 0 aliphatic heterocycles. The Morgan fingerprint density at radius 3 is 1.67 bits per heavy atom. The lowest BCUT2D eigenvalue weighted by Gasteiger charge is -1.89. The van der Waals surface area contributed by atoms with E-state index < -0.39 is 0 Å². The molecule has 0 aromatic carbocycles. The predicted octanol–water partition coefficient (Wildman–Crippen LogP) is 3.87. The highest BCUT2D eigenvalue weighted by Crippen LogP contribution is 1.98. The van der Waals surface area contributed by atoms with Crippen LogP contribution in [-0.2, 0) is 0 Å². The Hall–Kier alpha value is -0.720. The van der Waals surface area contributed by atoms with Crippen molar-refractivity contribution in [3.63, 3.8) is 0 Å². The van der Waals surface area contributed by atoms with Gasteiger partial charge in [-0.2, -0.15) is 0 Å². The molecule has 0 fully saturated rings. The molecular formula is C11H25N. The third-order valence-corrected chi connectivity index (χ3v) is 1.00. The topological polar surface area (TPSA) is 26.0 Å². The molecule has 0 rings (SSSR count). The van der Waals surface area contributed by atoms with Crippen molar-refractivity contribution in [2.24, 2.45) is 5.73 Å². The smallest absolute Gasteiger partial charge is 0.00299 e. The van der Waals surface area contributed by atoms with Crippen LogP contribution in [0.3, 0.4) is 0 Å². The van der Waals surface area contributed by atoms with Gasteiger partial charge in [-0.25, -0.2) is 0 Å². The minimum atomic E-state index is 1.01. The molecule has 0 aliphatic rings. The zero-order chi connectivity index (χ0) is 10.4. The van der Waals surface area contributed by atoms with E-state index >= 15 is 0 Å². The van der Waals surface area contributed by atoms with Gasteiger partial charge in [0.05, 0.1) is 0 Å². The number of hydrogen-bond acceptors (Lipinski definition) is 1. The van der Waals surface area contributed by atoms with Gasteiger partial charge in [0.2, 0.25) is 0 Å². The highest BCUT2D eigenvalue weighted by molar-refractivity contribution is 5.15. The predicted molar refractivity (Wildman–Crippen MR) is 60.1 cm³/mol. The summed E-state index contributed by atoms with van der Waals surface area (Å²) in [6, 6.07) is 0. The fourth-order valence-corrected chi connectivity index (χ4v) is 0.505. The first-order valence-corrected chi connectivity index (χ1v) is 4.88. The molecule has 0 aliphatic carbocycles. The van der Waals surface area contributed by atoms with Crippen molar-refractivity contribution in [2.75, 3.05) is 0 Å². The van der Waals surface area contributed by atoms with Crippen LogP contribution in [0.5, 0.6) is 0 Å². The van der Waals surface area contributed by atoms with E-state index in [0.717, 1.165) is 6.42 Å². The molecule has 1 heteroatoms. The minimum Gasteiger partial charge on any atom is -0.404 e. The highest BCUT2D eigenvalue weighted by atomic mass is 14.5. The van der Waals surface area contributed by atoms with E-state index in [4.69, 9.17) is 5.73 Å². The molecule has 0 saturated heterocycles. The molecule has 0 aromatic heterocycles. The molecule has 0 heterocycles. The normalized spacial score (nSPS) is 9.67. The second kappa shape index (κ2) is 22.4. The summed E-state index contributed by atoms with van der Waals surface area (Å²) in [5.41, 5.74) is 6.44. The van der Waals surface area contributed by atoms with Gasteiger partial charge >= 0.3 is 0 Å². The largest absolute Gasteiger partial charge is 0.404 e. The summed E-state index contributed by atoms with van der Waals surface area (Å²) in [6.07, 6.45) is 6.66. The number of nitrogens with two attached hydrogens (primary N) is 1. The van der Waals surface area contributed by atoms with E-state index in [1.807, 2.05) is 46.8 Å². The monoisotopic (exact) mass is 171 g/mol. The lowest BCUT2D eigenvalue weighted by molar-refractivity contribution is 1.13. The van der Waals surface area contributed by atoms with Crippen LogP contribution in [0.1, 0.15) is 48.0 Å². The van der Waals surface area contributed by atoms with Gasteiger partial charge in [-0.1, -0.05) is 46.8 Å². The second-order valence-corrected chi connectivity index (χ2v) is 1.60. The van der Waals surface area contributed by atoms with Crippen LogP contribution in [0.2, 0.25) is 0 Å². The van der Waals surface area contributed by atoms with Crippen LogP contribution < -0.4 is 5.73 Å². The molecule has 0 spiro atoms. The van der Waals surface area contributed by atoms with E-state index in [1.165, 1.54) is 5.57 Å². The van der Waals surface area contributed by atoms with Gasteiger partial charge in [-0.15, -0.1) is 0 Å². The fourth-order valence-electron chi connectivity index (χ4n) is 0.505. The Morgan fingerprint density at radius 1 is 1.17 bits per heavy atom. The van der Waals surface area contributed by atoms with E-state index in [9.17, 15) is 0 Å². The van der Waals surface area contributed by atoms with E-state index in [-0.39, 0.29) is 0 Å². The number of allylic oxidation sites excluding steroid dienone is 3. The summed E-state index contributed by atoms with van der Waals surface area (Å²) in [7, 11) is 0. The SMILES string of the molecule is C/C=C\C(=C/N)CC.CC.CC. The summed E-state index contributed by atoms with van der Waals surface area (Å²) in [6.45, 7) is 12.1. The number of hydrogen-bond donors (Lipinski definition) is 1. The summed E-state index contributed by atoms with van der Waals surface area (Å²) in [5.74, 6) is 0. The van der Waals surface area contributed by atoms with Crippen molar-refractivity contribution in [2.45, 2.75) is 48.0 Å². The maximum Gasteiger partial charge on any atom is -0.00299 e. The standard InChI is InChI=1S/C7H13N.2C2H6/c1-3-5-7(4-2)6-8;2*1-2/h3,5-6H,4,8H2,1-2H3;2*1-2H3/b5-3-,7-6-;;. The molecule has 1 nitrogen and oxygen atoms in total. The van der Waals surface area contributed by atoms with Gasteiger partial charge in [0.25, 0.3) is 0 Å². The molecule has 0 amide bonds. The third-order valence-electron chi connectivity index (χ3n) is 1.00. The van der Waals surface area contributed by atoms with Crippen LogP contribution in [0.25, 0.3) is 0 Å². The molecular weight excluding hydrogens is 146 g/mol. The van der Waals surface area contributed by atoms with Gasteiger partial charge in [0.15, 0.2) is 0 Å². The molecule has 0 atom stereocenters. The van der Waals surface area contributed by atoms with Crippen molar-refractivity contribution in [3.8, 4) is 0 Å². The van der Waals surface area contributed by atoms with E-state index in [2.05, 4.69) is 6.92 Å². The Morgan fingerprint density at radius 2 is 1.58 bits per heavy atom. The fraction of sp³-hybridized carbons (Fsp3) is 0.636. The highest BCUT2D eigenvalue weighted by Gasteiger charge is 1.80. The van der Waals surface area contributed by atoms with Crippen molar-refractivity contribution in [1.82, 2.24) is 0 Å². The van der Waals surface area contributed by atoms with E-state index in [0.29, 0.717) is 0 Å². The van der Waals surface area contributed by atoms with Gasteiger partial charge < -0.3 is 5.73 Å². The van der Waals surface area contributed by atoms with Crippen LogP contribution in [0.4, 0.5) is 0 Å². The Balaban J connectivity index is -0.000000175. The third kappa shape index (κ3) is 16.1. The van der Waals surface area contributed by atoms with Crippen LogP contribution in [0, 0.1) is 0 Å². The molecule has 0 radical (unpaired) electrons. The molecule has 0 saturated carbocycles. The summed E-state index contributed by atoms with van der Waals surface area (Å²) in [5, 5.41) is 0. The van der Waals surface area contributed by atoms with Crippen molar-refractivity contribution in [3.05, 3.63) is 23.9 Å². The maximum atomic E-state index is 5.26. The zero-order valence-corrected chi connectivity index (χ0v) is 9.52. The maximum absolute atomic E-state index is 5.26. The van der Waals surface area contributed by atoms with Crippen LogP contribution in [-0.4, -0.2) is 0 Å². The summed E-state index contributed by atoms with van der Waals surface area (Å²) in [4.78, 5) is 0. The molecule has 0 bridgehead atoms. The zero-order valence-electron chi connectivity index (χ0n) is 9.52. The first-order valence-electron chi connectivity index (χ1n) is 4.88. The van der Waals surface area contributed by atoms with Gasteiger partial charge in [-0.05, 0) is 25.1 Å². The summed E-state index contributed by atoms with van der Waals surface area (Å²) >= 11 is 0. The van der Waals surface area contributed by atoms with Crippen molar-refractivity contribution < 1.29 is 0 Å². The van der Waals surface area contributed by atoms with E-state index in [1.54, 1.807) is 6.20 Å². The lowest BCUT2D eigenvalue weighted by Crippen LogP contribution is -1.82. The summed E-state index contributed by atoms with van der Waals surface area (Å²) < 4.78 is 0. The quantitative estimate of drug-likeness (QED) is 0.627. The Kier molecular flexibility index (Phi) is 32.5. The molecule has 2 N–H and O–H groups in total. The molecule has 12 heavy (non-hydrogen) atoms. The Bertz CT molecular complexity index is 98.8. The molecule has 0 unspecified atom stereocenters. The van der Waals surface area contributed by atoms with Crippen molar-refractivity contribution in [1.29, 1.82) is 0 Å². The first-order chi connectivity index (χ1) is 5.85. The first kappa shape index (κ1) is 17.4. The lowest BCUT2D eigenvalue weighted by atomic mass is 10.2. The molecule has 0 aromatic rings. The second-order valence-electron chi connectivity index (χ2n) is 1.60. The molecule has 74 valence electrons. The Labute approximate surface area is 78.4 Å². The number of rotatable bonds is 2.